The first kappa shape index (κ1) is 18.6. The third-order valence-electron chi connectivity index (χ3n) is 2.58. The van der Waals surface area contributed by atoms with Gasteiger partial charge in [0.25, 0.3) is 0 Å². The van der Waals surface area contributed by atoms with E-state index in [4.69, 9.17) is 0 Å². The molecule has 0 aliphatic heterocycles. The average molecular weight is 294 g/mol. The van der Waals surface area contributed by atoms with Crippen LogP contribution in [0.2, 0.25) is 0 Å². The van der Waals surface area contributed by atoms with E-state index in [1.54, 1.807) is 0 Å². The molecule has 1 aliphatic carbocycles. The molecule has 9 heteroatoms. The minimum atomic E-state index is -3.93. The number of ether oxygens (including phenoxy) is 1. The molecular weight excluding hydrogens is 281 g/mol. The van der Waals surface area contributed by atoms with Crippen molar-refractivity contribution in [2.45, 2.75) is 37.4 Å². The summed E-state index contributed by atoms with van der Waals surface area (Å²) in [6.45, 7) is -0.0206. The molecule has 0 spiro atoms. The summed E-state index contributed by atoms with van der Waals surface area (Å²) in [5.41, 5.74) is 0. The molecule has 0 bridgehead atoms. The van der Waals surface area contributed by atoms with E-state index in [9.17, 15) is 18.8 Å². The number of hydrogen-bond donors (Lipinski definition) is 0. The summed E-state index contributed by atoms with van der Waals surface area (Å²) in [4.78, 5) is 11.0. The molecule has 1 saturated carbocycles. The SMILES string of the molecule is O=C(OCC1CCCCC1)C(F)(F)SOO[O-].[Na+]. The van der Waals surface area contributed by atoms with Gasteiger partial charge >= 0.3 is 40.8 Å². The maximum absolute atomic E-state index is 12.9. The first-order valence-corrected chi connectivity index (χ1v) is 6.00. The van der Waals surface area contributed by atoms with Gasteiger partial charge in [-0.2, -0.15) is 13.1 Å². The van der Waals surface area contributed by atoms with Gasteiger partial charge in [-0.25, -0.2) is 4.79 Å². The Bertz CT molecular complexity index is 251. The molecule has 0 aromatic heterocycles. The van der Waals surface area contributed by atoms with E-state index in [1.807, 2.05) is 0 Å². The van der Waals surface area contributed by atoms with E-state index in [-0.39, 0.29) is 42.1 Å². The van der Waals surface area contributed by atoms with Crippen LogP contribution < -0.4 is 34.8 Å². The van der Waals surface area contributed by atoms with Gasteiger partial charge in [-0.3, -0.25) is 5.04 Å². The molecule has 100 valence electrons. The van der Waals surface area contributed by atoms with Gasteiger partial charge in [0.2, 0.25) is 0 Å². The predicted molar refractivity (Wildman–Crippen MR) is 52.2 cm³/mol. The third kappa shape index (κ3) is 6.65. The molecule has 0 radical (unpaired) electrons. The maximum Gasteiger partial charge on any atom is 1.00 e. The summed E-state index contributed by atoms with van der Waals surface area (Å²) in [6, 6.07) is 0. The van der Waals surface area contributed by atoms with Crippen molar-refractivity contribution in [3.05, 3.63) is 0 Å². The Morgan fingerprint density at radius 1 is 1.33 bits per heavy atom. The quantitative estimate of drug-likeness (QED) is 0.197. The summed E-state index contributed by atoms with van der Waals surface area (Å²) < 4.78 is 33.7. The number of esters is 1. The predicted octanol–water partition coefficient (Wildman–Crippen LogP) is -1.42. The molecule has 1 rings (SSSR count). The van der Waals surface area contributed by atoms with Crippen LogP contribution >= 0.6 is 12.0 Å². The van der Waals surface area contributed by atoms with Crippen molar-refractivity contribution in [1.82, 2.24) is 0 Å². The standard InChI is InChI=1S/C9H14F2O5S.Na/c10-9(11,17-16-15-13)8(12)14-6-7-4-2-1-3-5-7;/h7,13H,1-6H2;/q;+1/p-1. The Labute approximate surface area is 130 Å². The van der Waals surface area contributed by atoms with Crippen LogP contribution in [0.3, 0.4) is 0 Å². The average Bonchev–Trinajstić information content (AvgIpc) is 2.34. The zero-order valence-corrected chi connectivity index (χ0v) is 12.8. The monoisotopic (exact) mass is 294 g/mol. The van der Waals surface area contributed by atoms with Gasteiger partial charge in [-0.1, -0.05) is 19.3 Å². The second-order valence-corrected chi connectivity index (χ2v) is 4.65. The molecular formula is C9H13F2NaO5S. The van der Waals surface area contributed by atoms with Crippen LogP contribution in [0, 0.1) is 5.92 Å². The van der Waals surface area contributed by atoms with Crippen molar-refractivity contribution >= 4 is 18.0 Å². The van der Waals surface area contributed by atoms with Crippen LogP contribution in [0.15, 0.2) is 0 Å². The first-order chi connectivity index (χ1) is 8.06. The number of halogens is 2. The van der Waals surface area contributed by atoms with Crippen LogP contribution in [0.4, 0.5) is 8.78 Å². The zero-order chi connectivity index (χ0) is 12.7. The number of alkyl halides is 2. The maximum atomic E-state index is 12.9. The second-order valence-electron chi connectivity index (χ2n) is 3.84. The van der Waals surface area contributed by atoms with Crippen LogP contribution in [0.1, 0.15) is 32.1 Å². The van der Waals surface area contributed by atoms with Crippen molar-refractivity contribution in [2.24, 2.45) is 5.92 Å². The van der Waals surface area contributed by atoms with Gasteiger partial charge in [0.15, 0.2) is 0 Å². The number of hydrogen-bond acceptors (Lipinski definition) is 6. The minimum absolute atomic E-state index is 0. The van der Waals surface area contributed by atoms with Gasteiger partial charge in [0.05, 0.1) is 6.61 Å². The molecule has 18 heavy (non-hydrogen) atoms. The van der Waals surface area contributed by atoms with Gasteiger partial charge in [-0.05, 0) is 18.8 Å². The fourth-order valence-corrected chi connectivity index (χ4v) is 1.96. The van der Waals surface area contributed by atoms with E-state index in [0.29, 0.717) is 0 Å². The van der Waals surface area contributed by atoms with Crippen molar-refractivity contribution < 1.29 is 62.5 Å². The molecule has 1 aliphatic rings. The fraction of sp³-hybridized carbons (Fsp3) is 0.889. The van der Waals surface area contributed by atoms with Crippen LogP contribution in [-0.2, 0) is 18.9 Å². The van der Waals surface area contributed by atoms with E-state index < -0.39 is 23.3 Å². The summed E-state index contributed by atoms with van der Waals surface area (Å²) in [6.07, 6.45) is 4.95. The minimum Gasteiger partial charge on any atom is -0.691 e. The van der Waals surface area contributed by atoms with E-state index >= 15 is 0 Å². The molecule has 0 saturated heterocycles. The van der Waals surface area contributed by atoms with E-state index in [0.717, 1.165) is 32.1 Å². The topological polar surface area (TPSA) is 67.8 Å². The molecule has 0 N–H and O–H groups in total. The fourth-order valence-electron chi connectivity index (χ4n) is 1.72. The Kier molecular flexibility index (Phi) is 9.76. The second kappa shape index (κ2) is 9.46. The summed E-state index contributed by atoms with van der Waals surface area (Å²) >= 11 is -0.669. The van der Waals surface area contributed by atoms with Gasteiger partial charge in [0.1, 0.15) is 12.0 Å². The Hall–Kier alpha value is 0.560. The molecule has 0 amide bonds. The molecule has 0 atom stereocenters. The molecule has 1 fully saturated rings. The molecule has 0 heterocycles. The largest absolute Gasteiger partial charge is 1.00 e. The Balaban J connectivity index is 0.00000289. The van der Waals surface area contributed by atoms with E-state index in [1.165, 1.54) is 0 Å². The molecule has 5 nitrogen and oxygen atoms in total. The molecule has 0 aromatic carbocycles. The third-order valence-corrected chi connectivity index (χ3v) is 3.08. The Morgan fingerprint density at radius 2 is 1.94 bits per heavy atom. The first-order valence-electron chi connectivity index (χ1n) is 5.25. The zero-order valence-electron chi connectivity index (χ0n) is 10.0. The van der Waals surface area contributed by atoms with Crippen molar-refractivity contribution in [3.8, 4) is 0 Å². The van der Waals surface area contributed by atoms with Gasteiger partial charge in [-0.15, -0.1) is 0 Å². The van der Waals surface area contributed by atoms with Gasteiger partial charge in [0, 0.05) is 0 Å². The molecule has 0 aromatic rings. The van der Waals surface area contributed by atoms with Crippen LogP contribution in [-0.4, -0.2) is 17.8 Å². The van der Waals surface area contributed by atoms with E-state index in [2.05, 4.69) is 14.1 Å². The summed E-state index contributed by atoms with van der Waals surface area (Å²) in [5.74, 6) is -1.57. The summed E-state index contributed by atoms with van der Waals surface area (Å²) in [7, 11) is 0. The number of carbonyl (C=O) groups is 1. The number of rotatable bonds is 6. The van der Waals surface area contributed by atoms with Crippen molar-refractivity contribution in [3.63, 3.8) is 0 Å². The Morgan fingerprint density at radius 3 is 2.50 bits per heavy atom. The van der Waals surface area contributed by atoms with Crippen LogP contribution in [0.5, 0.6) is 0 Å². The number of carbonyl (C=O) groups excluding carboxylic acids is 1. The normalized spacial score (nSPS) is 17.1. The van der Waals surface area contributed by atoms with Crippen molar-refractivity contribution in [2.75, 3.05) is 6.61 Å². The molecule has 0 unspecified atom stereocenters. The van der Waals surface area contributed by atoms with Gasteiger partial charge < -0.3 is 9.99 Å². The van der Waals surface area contributed by atoms with Crippen molar-refractivity contribution in [1.29, 1.82) is 0 Å². The van der Waals surface area contributed by atoms with Crippen LogP contribution in [0.25, 0.3) is 0 Å². The smallest absolute Gasteiger partial charge is 0.691 e. The summed E-state index contributed by atoms with van der Waals surface area (Å²) in [5, 5.41) is 8.19.